The minimum Gasteiger partial charge on any atom is -0.383 e. The minimum atomic E-state index is 0.456. The van der Waals surface area contributed by atoms with Gasteiger partial charge in [-0.2, -0.15) is 12.6 Å². The van der Waals surface area contributed by atoms with Gasteiger partial charge in [0.25, 0.3) is 0 Å². The van der Waals surface area contributed by atoms with Crippen LogP contribution in [0.15, 0.2) is 0 Å². The van der Waals surface area contributed by atoms with E-state index >= 15 is 0 Å². The summed E-state index contributed by atoms with van der Waals surface area (Å²) in [5.41, 5.74) is 0.471. The molecule has 1 unspecified atom stereocenters. The molecule has 0 aliphatic heterocycles. The van der Waals surface area contributed by atoms with Gasteiger partial charge in [-0.05, 0) is 30.9 Å². The highest BCUT2D eigenvalue weighted by atomic mass is 32.1. The van der Waals surface area contributed by atoms with Crippen LogP contribution in [0.3, 0.4) is 0 Å². The second-order valence-corrected chi connectivity index (χ2v) is 5.24. The molecule has 0 aromatic carbocycles. The third-order valence-electron chi connectivity index (χ3n) is 3.44. The van der Waals surface area contributed by atoms with E-state index in [9.17, 15) is 0 Å². The molecule has 0 saturated heterocycles. The van der Waals surface area contributed by atoms with Gasteiger partial charge in [0.05, 0.1) is 13.2 Å². The Balaban J connectivity index is 2.42. The van der Waals surface area contributed by atoms with E-state index < -0.39 is 0 Å². The van der Waals surface area contributed by atoms with Crippen LogP contribution in [0.1, 0.15) is 19.8 Å². The lowest BCUT2D eigenvalue weighted by Gasteiger charge is -2.31. The van der Waals surface area contributed by atoms with Crippen LogP contribution in [0.2, 0.25) is 0 Å². The first kappa shape index (κ1) is 14.3. The summed E-state index contributed by atoms with van der Waals surface area (Å²) < 4.78 is 10.4. The summed E-state index contributed by atoms with van der Waals surface area (Å²) in [6.45, 7) is 5.90. The Hall–Kier alpha value is 0.230. The third-order valence-corrected chi connectivity index (χ3v) is 4.12. The van der Waals surface area contributed by atoms with E-state index in [1.54, 1.807) is 14.2 Å². The summed E-state index contributed by atoms with van der Waals surface area (Å²) in [5, 5.41) is 0. The maximum Gasteiger partial charge on any atom is 0.0615 e. The first-order chi connectivity index (χ1) is 7.67. The zero-order valence-electron chi connectivity index (χ0n) is 10.7. The topological polar surface area (TPSA) is 21.7 Å². The van der Waals surface area contributed by atoms with E-state index in [1.807, 2.05) is 0 Å². The maximum atomic E-state index is 5.23. The van der Waals surface area contributed by atoms with Gasteiger partial charge in [-0.15, -0.1) is 0 Å². The quantitative estimate of drug-likeness (QED) is 0.627. The van der Waals surface area contributed by atoms with Gasteiger partial charge in [0.15, 0.2) is 0 Å². The number of nitrogens with zero attached hydrogens (tertiary/aromatic N) is 1. The van der Waals surface area contributed by atoms with Crippen molar-refractivity contribution in [2.24, 2.45) is 5.41 Å². The number of ether oxygens (including phenoxy) is 2. The molecule has 1 atom stereocenters. The number of rotatable bonds is 9. The van der Waals surface area contributed by atoms with Crippen molar-refractivity contribution in [1.82, 2.24) is 4.90 Å². The number of thiol groups is 1. The average Bonchev–Trinajstić information content (AvgIpc) is 3.05. The molecule has 0 aromatic rings. The van der Waals surface area contributed by atoms with Crippen LogP contribution in [0.4, 0.5) is 0 Å². The molecule has 1 rings (SSSR count). The van der Waals surface area contributed by atoms with E-state index in [0.717, 1.165) is 32.1 Å². The molecule has 4 heteroatoms. The zero-order valence-corrected chi connectivity index (χ0v) is 11.6. The minimum absolute atomic E-state index is 0.456. The Morgan fingerprint density at radius 3 is 2.44 bits per heavy atom. The molecule has 0 aromatic heterocycles. The fourth-order valence-electron chi connectivity index (χ4n) is 1.98. The molecular formula is C12H25NO2S. The zero-order chi connectivity index (χ0) is 12.0. The summed E-state index contributed by atoms with van der Waals surface area (Å²) in [5.74, 6) is 0.996. The van der Waals surface area contributed by atoms with Gasteiger partial charge in [0, 0.05) is 33.4 Å². The van der Waals surface area contributed by atoms with Crippen molar-refractivity contribution in [3.8, 4) is 0 Å². The van der Waals surface area contributed by atoms with E-state index in [2.05, 4.69) is 24.5 Å². The van der Waals surface area contributed by atoms with Crippen molar-refractivity contribution in [2.45, 2.75) is 25.8 Å². The Kier molecular flexibility index (Phi) is 6.11. The molecule has 1 fully saturated rings. The maximum absolute atomic E-state index is 5.23. The fraction of sp³-hybridized carbons (Fsp3) is 1.00. The molecule has 3 nitrogen and oxygen atoms in total. The van der Waals surface area contributed by atoms with Crippen molar-refractivity contribution in [3.05, 3.63) is 0 Å². The van der Waals surface area contributed by atoms with Crippen LogP contribution in [-0.4, -0.2) is 57.2 Å². The van der Waals surface area contributed by atoms with Gasteiger partial charge in [-0.1, -0.05) is 0 Å². The molecule has 1 saturated carbocycles. The van der Waals surface area contributed by atoms with Crippen LogP contribution < -0.4 is 0 Å². The highest BCUT2D eigenvalue weighted by Crippen LogP contribution is 2.47. The first-order valence-electron chi connectivity index (χ1n) is 6.00. The van der Waals surface area contributed by atoms with Crippen LogP contribution in [0.5, 0.6) is 0 Å². The highest BCUT2D eigenvalue weighted by Gasteiger charge is 2.42. The predicted molar refractivity (Wildman–Crippen MR) is 70.3 cm³/mol. The van der Waals surface area contributed by atoms with Gasteiger partial charge in [-0.25, -0.2) is 0 Å². The van der Waals surface area contributed by atoms with Gasteiger partial charge in [0.2, 0.25) is 0 Å². The molecule has 0 heterocycles. The van der Waals surface area contributed by atoms with E-state index in [0.29, 0.717) is 11.5 Å². The molecule has 0 radical (unpaired) electrons. The van der Waals surface area contributed by atoms with Crippen molar-refractivity contribution >= 4 is 12.6 Å². The summed E-state index contributed by atoms with van der Waals surface area (Å²) >= 11 is 4.46. The van der Waals surface area contributed by atoms with Gasteiger partial charge >= 0.3 is 0 Å². The highest BCUT2D eigenvalue weighted by molar-refractivity contribution is 7.80. The molecule has 0 N–H and O–H groups in total. The SMILES string of the molecule is COCCN(CC1(CS)CC1)C(C)COC. The van der Waals surface area contributed by atoms with Gasteiger partial charge in [0.1, 0.15) is 0 Å². The smallest absolute Gasteiger partial charge is 0.0615 e. The first-order valence-corrected chi connectivity index (χ1v) is 6.63. The Morgan fingerprint density at radius 1 is 1.31 bits per heavy atom. The summed E-state index contributed by atoms with van der Waals surface area (Å²) in [6.07, 6.45) is 2.64. The molecular weight excluding hydrogens is 222 g/mol. The number of methoxy groups -OCH3 is 2. The van der Waals surface area contributed by atoms with Gasteiger partial charge < -0.3 is 9.47 Å². The van der Waals surface area contributed by atoms with Gasteiger partial charge in [-0.3, -0.25) is 4.90 Å². The molecule has 1 aliphatic carbocycles. The second-order valence-electron chi connectivity index (χ2n) is 4.93. The summed E-state index contributed by atoms with van der Waals surface area (Å²) in [6, 6.07) is 0.456. The van der Waals surface area contributed by atoms with E-state index in [-0.39, 0.29) is 0 Å². The van der Waals surface area contributed by atoms with Crippen molar-refractivity contribution < 1.29 is 9.47 Å². The normalized spacial score (nSPS) is 20.1. The molecule has 0 bridgehead atoms. The molecule has 0 amide bonds. The lowest BCUT2D eigenvalue weighted by atomic mass is 10.1. The number of hydrogen-bond donors (Lipinski definition) is 1. The molecule has 1 aliphatic rings. The second kappa shape index (κ2) is 6.84. The van der Waals surface area contributed by atoms with Crippen LogP contribution in [0.25, 0.3) is 0 Å². The van der Waals surface area contributed by atoms with Crippen molar-refractivity contribution in [3.63, 3.8) is 0 Å². The summed E-state index contributed by atoms with van der Waals surface area (Å²) in [4.78, 5) is 2.47. The van der Waals surface area contributed by atoms with E-state index in [1.165, 1.54) is 12.8 Å². The standard InChI is InChI=1S/C12H25NO2S/c1-11(8-15-3)13(6-7-14-2)9-12(10-16)4-5-12/h11,16H,4-10H2,1-3H3. The molecule has 96 valence electrons. The predicted octanol–water partition coefficient (Wildman–Crippen LogP) is 1.68. The third kappa shape index (κ3) is 4.24. The van der Waals surface area contributed by atoms with E-state index in [4.69, 9.17) is 9.47 Å². The lowest BCUT2D eigenvalue weighted by Crippen LogP contribution is -2.42. The average molecular weight is 247 g/mol. The summed E-state index contributed by atoms with van der Waals surface area (Å²) in [7, 11) is 3.52. The molecule has 0 spiro atoms. The van der Waals surface area contributed by atoms with Crippen molar-refractivity contribution in [2.75, 3.05) is 46.3 Å². The largest absolute Gasteiger partial charge is 0.383 e. The fourth-order valence-corrected chi connectivity index (χ4v) is 2.40. The van der Waals surface area contributed by atoms with Crippen LogP contribution >= 0.6 is 12.6 Å². The lowest BCUT2D eigenvalue weighted by molar-refractivity contribution is 0.0643. The van der Waals surface area contributed by atoms with Crippen LogP contribution in [0, 0.1) is 5.41 Å². The number of hydrogen-bond acceptors (Lipinski definition) is 4. The Labute approximate surface area is 105 Å². The van der Waals surface area contributed by atoms with Crippen molar-refractivity contribution in [1.29, 1.82) is 0 Å². The Morgan fingerprint density at radius 2 is 2.00 bits per heavy atom. The Bertz CT molecular complexity index is 197. The van der Waals surface area contributed by atoms with Crippen LogP contribution in [-0.2, 0) is 9.47 Å². The monoisotopic (exact) mass is 247 g/mol. The molecule has 16 heavy (non-hydrogen) atoms.